The molecule has 4 nitrogen and oxygen atoms in total. The number of hydrogen-bond acceptors (Lipinski definition) is 4. The van der Waals surface area contributed by atoms with Crippen LogP contribution in [-0.4, -0.2) is 24.6 Å². The molecular formula is C15H22N2O2. The predicted octanol–water partition coefficient (Wildman–Crippen LogP) is 3.17. The first-order valence-electron chi connectivity index (χ1n) is 6.90. The van der Waals surface area contributed by atoms with Gasteiger partial charge >= 0.3 is 5.97 Å². The fraction of sp³-hybridized carbons (Fsp3) is 0.600. The molecule has 1 saturated carbocycles. The molecule has 4 heteroatoms. The van der Waals surface area contributed by atoms with Crippen LogP contribution in [0.2, 0.25) is 0 Å². The maximum atomic E-state index is 11.5. The van der Waals surface area contributed by atoms with Gasteiger partial charge in [-0.15, -0.1) is 0 Å². The first-order chi connectivity index (χ1) is 9.10. The van der Waals surface area contributed by atoms with Crippen molar-refractivity contribution in [2.45, 2.75) is 39.5 Å². The Balaban J connectivity index is 1.99. The van der Waals surface area contributed by atoms with Crippen molar-refractivity contribution in [3.8, 4) is 0 Å². The lowest BCUT2D eigenvalue weighted by Crippen LogP contribution is -2.16. The lowest BCUT2D eigenvalue weighted by molar-refractivity contribution is 0.0599. The highest BCUT2D eigenvalue weighted by molar-refractivity contribution is 5.90. The van der Waals surface area contributed by atoms with Gasteiger partial charge in [0.05, 0.1) is 18.4 Å². The van der Waals surface area contributed by atoms with Crippen molar-refractivity contribution in [1.82, 2.24) is 4.98 Å². The van der Waals surface area contributed by atoms with Crippen molar-refractivity contribution >= 4 is 11.8 Å². The molecule has 0 aromatic carbocycles. The Morgan fingerprint density at radius 1 is 1.47 bits per heavy atom. The molecule has 0 atom stereocenters. The molecule has 19 heavy (non-hydrogen) atoms. The summed E-state index contributed by atoms with van der Waals surface area (Å²) in [6, 6.07) is 3.62. The second-order valence-corrected chi connectivity index (χ2v) is 5.42. The number of rotatable bonds is 6. The first kappa shape index (κ1) is 13.8. The molecule has 1 aliphatic rings. The van der Waals surface area contributed by atoms with E-state index in [-0.39, 0.29) is 5.97 Å². The lowest BCUT2D eigenvalue weighted by atomic mass is 10.0. The Morgan fingerprint density at radius 2 is 2.21 bits per heavy atom. The van der Waals surface area contributed by atoms with Gasteiger partial charge in [0, 0.05) is 6.54 Å². The van der Waals surface area contributed by atoms with Crippen LogP contribution in [0.4, 0.5) is 5.82 Å². The highest BCUT2D eigenvalue weighted by atomic mass is 16.5. The Bertz CT molecular complexity index is 467. The third kappa shape index (κ3) is 3.25. The monoisotopic (exact) mass is 262 g/mol. The zero-order chi connectivity index (χ0) is 13.9. The molecule has 0 spiro atoms. The second kappa shape index (κ2) is 5.59. The molecule has 1 N–H and O–H groups in total. The highest BCUT2D eigenvalue weighted by Gasteiger charge is 2.41. The smallest absolute Gasteiger partial charge is 0.339 e. The zero-order valence-electron chi connectivity index (χ0n) is 12.0. The number of hydrogen-bond donors (Lipinski definition) is 1. The molecular weight excluding hydrogens is 240 g/mol. The summed E-state index contributed by atoms with van der Waals surface area (Å²) >= 11 is 0. The van der Waals surface area contributed by atoms with Crippen LogP contribution in [0.1, 0.15) is 48.7 Å². The number of ether oxygens (including phenoxy) is 1. The number of nitrogens with one attached hydrogen (secondary N) is 1. The van der Waals surface area contributed by atoms with Gasteiger partial charge in [-0.2, -0.15) is 0 Å². The van der Waals surface area contributed by atoms with E-state index in [0.29, 0.717) is 16.7 Å². The van der Waals surface area contributed by atoms with Gasteiger partial charge in [-0.25, -0.2) is 9.78 Å². The largest absolute Gasteiger partial charge is 0.465 e. The fourth-order valence-corrected chi connectivity index (χ4v) is 2.49. The van der Waals surface area contributed by atoms with E-state index >= 15 is 0 Å². The topological polar surface area (TPSA) is 51.2 Å². The number of aryl methyl sites for hydroxylation is 1. The molecule has 1 fully saturated rings. The van der Waals surface area contributed by atoms with Gasteiger partial charge in [-0.1, -0.05) is 13.3 Å². The molecule has 0 bridgehead atoms. The third-order valence-electron chi connectivity index (χ3n) is 3.87. The Hall–Kier alpha value is -1.58. The van der Waals surface area contributed by atoms with Crippen LogP contribution in [-0.2, 0) is 4.74 Å². The summed E-state index contributed by atoms with van der Waals surface area (Å²) in [6.07, 6.45) is 5.13. The summed E-state index contributed by atoms with van der Waals surface area (Å²) in [4.78, 5) is 15.9. The molecule has 104 valence electrons. The Labute approximate surface area is 114 Å². The quantitative estimate of drug-likeness (QED) is 0.800. The third-order valence-corrected chi connectivity index (χ3v) is 3.87. The van der Waals surface area contributed by atoms with E-state index in [1.165, 1.54) is 32.8 Å². The van der Waals surface area contributed by atoms with Crippen molar-refractivity contribution in [2.24, 2.45) is 5.41 Å². The highest BCUT2D eigenvalue weighted by Crippen LogP contribution is 2.49. The molecule has 0 saturated heterocycles. The predicted molar refractivity (Wildman–Crippen MR) is 75.4 cm³/mol. The van der Waals surface area contributed by atoms with Crippen molar-refractivity contribution in [3.05, 3.63) is 23.4 Å². The van der Waals surface area contributed by atoms with Crippen molar-refractivity contribution < 1.29 is 9.53 Å². The number of pyridine rings is 1. The summed E-state index contributed by atoms with van der Waals surface area (Å²) in [5, 5.41) is 3.39. The second-order valence-electron chi connectivity index (χ2n) is 5.42. The molecule has 1 heterocycles. The van der Waals surface area contributed by atoms with Gasteiger partial charge in [-0.05, 0) is 43.7 Å². The normalized spacial score (nSPS) is 15.9. The van der Waals surface area contributed by atoms with Gasteiger partial charge in [0.15, 0.2) is 0 Å². The number of carbonyl (C=O) groups excluding carboxylic acids is 1. The molecule has 1 aliphatic carbocycles. The van der Waals surface area contributed by atoms with E-state index < -0.39 is 0 Å². The van der Waals surface area contributed by atoms with Gasteiger partial charge < -0.3 is 10.1 Å². The number of anilines is 1. The average molecular weight is 262 g/mol. The molecule has 2 rings (SSSR count). The molecule has 0 amide bonds. The molecule has 1 aromatic heterocycles. The molecule has 1 aromatic rings. The van der Waals surface area contributed by atoms with E-state index in [2.05, 4.69) is 17.2 Å². The van der Waals surface area contributed by atoms with Crippen LogP contribution in [0.15, 0.2) is 12.1 Å². The fourth-order valence-electron chi connectivity index (χ4n) is 2.49. The van der Waals surface area contributed by atoms with E-state index in [1.54, 1.807) is 6.07 Å². The van der Waals surface area contributed by atoms with Crippen LogP contribution in [0.25, 0.3) is 0 Å². The number of methoxy groups -OCH3 is 1. The van der Waals surface area contributed by atoms with E-state index in [4.69, 9.17) is 4.74 Å². The summed E-state index contributed by atoms with van der Waals surface area (Å²) in [6.45, 7) is 5.04. The minimum atomic E-state index is -0.332. The Morgan fingerprint density at radius 3 is 2.74 bits per heavy atom. The molecule has 0 radical (unpaired) electrons. The first-order valence-corrected chi connectivity index (χ1v) is 6.90. The standard InChI is InChI=1S/C15H22N2O2/c1-4-7-15(8-9-15)10-16-13-6-5-12(11(2)17-13)14(18)19-3/h5-6H,4,7-10H2,1-3H3,(H,16,17). The van der Waals surface area contributed by atoms with Crippen molar-refractivity contribution in [2.75, 3.05) is 19.0 Å². The number of nitrogens with zero attached hydrogens (tertiary/aromatic N) is 1. The van der Waals surface area contributed by atoms with Crippen LogP contribution >= 0.6 is 0 Å². The summed E-state index contributed by atoms with van der Waals surface area (Å²) in [5.74, 6) is 0.508. The van der Waals surface area contributed by atoms with Crippen molar-refractivity contribution in [1.29, 1.82) is 0 Å². The maximum Gasteiger partial charge on any atom is 0.339 e. The van der Waals surface area contributed by atoms with E-state index in [0.717, 1.165) is 12.4 Å². The van der Waals surface area contributed by atoms with Crippen LogP contribution in [0, 0.1) is 12.3 Å². The number of carbonyl (C=O) groups is 1. The maximum absolute atomic E-state index is 11.5. The van der Waals surface area contributed by atoms with Crippen LogP contribution in [0.3, 0.4) is 0 Å². The van der Waals surface area contributed by atoms with Crippen LogP contribution < -0.4 is 5.32 Å². The van der Waals surface area contributed by atoms with Crippen LogP contribution in [0.5, 0.6) is 0 Å². The summed E-state index contributed by atoms with van der Waals surface area (Å²) < 4.78 is 4.71. The van der Waals surface area contributed by atoms with Gasteiger partial charge in [0.25, 0.3) is 0 Å². The minimum Gasteiger partial charge on any atom is -0.465 e. The Kier molecular flexibility index (Phi) is 4.08. The lowest BCUT2D eigenvalue weighted by Gasteiger charge is -2.16. The van der Waals surface area contributed by atoms with E-state index in [9.17, 15) is 4.79 Å². The summed E-state index contributed by atoms with van der Waals surface area (Å²) in [7, 11) is 1.38. The van der Waals surface area contributed by atoms with Crippen molar-refractivity contribution in [3.63, 3.8) is 0 Å². The zero-order valence-corrected chi connectivity index (χ0v) is 12.0. The number of esters is 1. The summed E-state index contributed by atoms with van der Waals surface area (Å²) in [5.41, 5.74) is 1.73. The average Bonchev–Trinajstić information content (AvgIpc) is 3.16. The SMILES string of the molecule is CCCC1(CNc2ccc(C(=O)OC)c(C)n2)CC1. The van der Waals surface area contributed by atoms with E-state index in [1.807, 2.05) is 13.0 Å². The minimum absolute atomic E-state index is 0.332. The number of aromatic nitrogens is 1. The van der Waals surface area contributed by atoms with Gasteiger partial charge in [-0.3, -0.25) is 0 Å². The molecule has 0 unspecified atom stereocenters. The van der Waals surface area contributed by atoms with Gasteiger partial charge in [0.1, 0.15) is 5.82 Å². The molecule has 0 aliphatic heterocycles. The van der Waals surface area contributed by atoms with Gasteiger partial charge in [0.2, 0.25) is 0 Å².